The van der Waals surface area contributed by atoms with Crippen LogP contribution in [-0.2, 0) is 9.53 Å². The van der Waals surface area contributed by atoms with Crippen molar-refractivity contribution < 1.29 is 9.53 Å². The van der Waals surface area contributed by atoms with Gasteiger partial charge in [-0.25, -0.2) is 0 Å². The summed E-state index contributed by atoms with van der Waals surface area (Å²) in [7, 11) is 1.65. The van der Waals surface area contributed by atoms with E-state index in [4.69, 9.17) is 10.5 Å². The molecule has 17 heavy (non-hydrogen) atoms. The zero-order valence-electron chi connectivity index (χ0n) is 9.94. The summed E-state index contributed by atoms with van der Waals surface area (Å²) in [4.78, 5) is 12.5. The second kappa shape index (κ2) is 7.97. The number of thioether (sulfide) groups is 1. The molecular weight excluding hydrogens is 236 g/mol. The van der Waals surface area contributed by atoms with Crippen molar-refractivity contribution in [2.24, 2.45) is 0 Å². The topological polar surface area (TPSA) is 64.3 Å². The Morgan fingerprint density at radius 1 is 1.53 bits per heavy atom. The zero-order valence-corrected chi connectivity index (χ0v) is 10.8. The van der Waals surface area contributed by atoms with E-state index in [1.807, 2.05) is 24.3 Å². The number of amides is 1. The number of nitrogens with one attached hydrogen (secondary N) is 1. The van der Waals surface area contributed by atoms with Crippen LogP contribution in [0, 0.1) is 0 Å². The Balaban J connectivity index is 2.19. The molecule has 0 aromatic heterocycles. The fourth-order valence-corrected chi connectivity index (χ4v) is 2.04. The lowest BCUT2D eigenvalue weighted by atomic mass is 10.3. The van der Waals surface area contributed by atoms with Crippen LogP contribution in [-0.4, -0.2) is 31.9 Å². The van der Waals surface area contributed by atoms with E-state index in [0.717, 1.165) is 17.0 Å². The van der Waals surface area contributed by atoms with Gasteiger partial charge in [0.15, 0.2) is 0 Å². The predicted octanol–water partition coefficient (Wildman–Crippen LogP) is 1.51. The molecule has 0 bridgehead atoms. The molecule has 0 unspecified atom stereocenters. The van der Waals surface area contributed by atoms with Crippen molar-refractivity contribution in [2.45, 2.75) is 11.3 Å². The number of rotatable bonds is 7. The lowest BCUT2D eigenvalue weighted by molar-refractivity contribution is -0.118. The Kier molecular flexibility index (Phi) is 6.50. The summed E-state index contributed by atoms with van der Waals surface area (Å²) in [5, 5.41) is 2.83. The van der Waals surface area contributed by atoms with Gasteiger partial charge in [-0.05, 0) is 24.6 Å². The van der Waals surface area contributed by atoms with E-state index in [1.54, 1.807) is 7.11 Å². The Hall–Kier alpha value is -1.20. The molecule has 1 rings (SSSR count). The maximum absolute atomic E-state index is 11.5. The fourth-order valence-electron chi connectivity index (χ4n) is 1.25. The Morgan fingerprint density at radius 2 is 2.35 bits per heavy atom. The molecule has 0 aliphatic carbocycles. The minimum atomic E-state index is 0.0357. The van der Waals surface area contributed by atoms with Crippen molar-refractivity contribution in [3.8, 4) is 0 Å². The quantitative estimate of drug-likeness (QED) is 0.440. The number of methoxy groups -OCH3 is 1. The highest BCUT2D eigenvalue weighted by molar-refractivity contribution is 8.00. The highest BCUT2D eigenvalue weighted by Gasteiger charge is 2.02. The van der Waals surface area contributed by atoms with Crippen molar-refractivity contribution >= 4 is 23.4 Å². The highest BCUT2D eigenvalue weighted by atomic mass is 32.2. The predicted molar refractivity (Wildman–Crippen MR) is 71.1 cm³/mol. The third-order valence-electron chi connectivity index (χ3n) is 2.08. The van der Waals surface area contributed by atoms with Crippen molar-refractivity contribution in [1.29, 1.82) is 0 Å². The average molecular weight is 254 g/mol. The van der Waals surface area contributed by atoms with Crippen molar-refractivity contribution in [2.75, 3.05) is 31.7 Å². The van der Waals surface area contributed by atoms with E-state index in [1.165, 1.54) is 11.8 Å². The molecule has 0 radical (unpaired) electrons. The lowest BCUT2D eigenvalue weighted by Gasteiger charge is -2.05. The average Bonchev–Trinajstić information content (AvgIpc) is 2.32. The van der Waals surface area contributed by atoms with Crippen molar-refractivity contribution in [1.82, 2.24) is 5.32 Å². The van der Waals surface area contributed by atoms with E-state index in [0.29, 0.717) is 18.9 Å². The number of carbonyl (C=O) groups excluding carboxylic acids is 1. The number of anilines is 1. The van der Waals surface area contributed by atoms with Crippen molar-refractivity contribution in [3.05, 3.63) is 24.3 Å². The SMILES string of the molecule is COCCCNC(=O)CSc1cccc(N)c1. The maximum atomic E-state index is 11.5. The van der Waals surface area contributed by atoms with Crippen LogP contribution in [0.3, 0.4) is 0 Å². The lowest BCUT2D eigenvalue weighted by Crippen LogP contribution is -2.26. The van der Waals surface area contributed by atoms with Gasteiger partial charge in [-0.15, -0.1) is 11.8 Å². The molecular formula is C12H18N2O2S. The number of benzene rings is 1. The second-order valence-electron chi connectivity index (χ2n) is 3.56. The van der Waals surface area contributed by atoms with Gasteiger partial charge in [0.2, 0.25) is 5.91 Å². The van der Waals surface area contributed by atoms with Crippen LogP contribution in [0.1, 0.15) is 6.42 Å². The zero-order chi connectivity index (χ0) is 12.5. The number of carbonyl (C=O) groups is 1. The van der Waals surface area contributed by atoms with E-state index >= 15 is 0 Å². The third kappa shape index (κ3) is 6.19. The molecule has 0 heterocycles. The number of hydrogen-bond donors (Lipinski definition) is 2. The van der Waals surface area contributed by atoms with Crippen LogP contribution in [0.25, 0.3) is 0 Å². The van der Waals surface area contributed by atoms with Crippen LogP contribution in [0.15, 0.2) is 29.2 Å². The molecule has 4 nitrogen and oxygen atoms in total. The first-order valence-electron chi connectivity index (χ1n) is 5.46. The molecule has 0 atom stereocenters. The molecule has 1 amide bonds. The smallest absolute Gasteiger partial charge is 0.230 e. The summed E-state index contributed by atoms with van der Waals surface area (Å²) in [5.41, 5.74) is 6.37. The molecule has 94 valence electrons. The van der Waals surface area contributed by atoms with Gasteiger partial charge in [0.05, 0.1) is 5.75 Å². The van der Waals surface area contributed by atoms with Gasteiger partial charge >= 0.3 is 0 Å². The minimum absolute atomic E-state index is 0.0357. The number of nitrogens with two attached hydrogens (primary N) is 1. The molecule has 0 fully saturated rings. The first-order valence-corrected chi connectivity index (χ1v) is 6.45. The van der Waals surface area contributed by atoms with E-state index in [2.05, 4.69) is 5.32 Å². The van der Waals surface area contributed by atoms with Gasteiger partial charge in [-0.2, -0.15) is 0 Å². The number of ether oxygens (including phenoxy) is 1. The summed E-state index contributed by atoms with van der Waals surface area (Å²) >= 11 is 1.48. The van der Waals surface area contributed by atoms with Gasteiger partial charge in [0.1, 0.15) is 0 Å². The highest BCUT2D eigenvalue weighted by Crippen LogP contribution is 2.19. The third-order valence-corrected chi connectivity index (χ3v) is 3.07. The normalized spacial score (nSPS) is 10.2. The van der Waals surface area contributed by atoms with Crippen LogP contribution in [0.5, 0.6) is 0 Å². The fraction of sp³-hybridized carbons (Fsp3) is 0.417. The number of hydrogen-bond acceptors (Lipinski definition) is 4. The largest absolute Gasteiger partial charge is 0.399 e. The second-order valence-corrected chi connectivity index (χ2v) is 4.61. The van der Waals surface area contributed by atoms with E-state index in [-0.39, 0.29) is 5.91 Å². The number of nitrogen functional groups attached to an aromatic ring is 1. The van der Waals surface area contributed by atoms with E-state index < -0.39 is 0 Å². The molecule has 5 heteroatoms. The van der Waals surface area contributed by atoms with Crippen LogP contribution in [0.2, 0.25) is 0 Å². The summed E-state index contributed by atoms with van der Waals surface area (Å²) in [6, 6.07) is 7.52. The van der Waals surface area contributed by atoms with Gasteiger partial charge in [0, 0.05) is 30.8 Å². The van der Waals surface area contributed by atoms with Crippen molar-refractivity contribution in [3.63, 3.8) is 0 Å². The summed E-state index contributed by atoms with van der Waals surface area (Å²) in [6.07, 6.45) is 0.838. The van der Waals surface area contributed by atoms with Crippen LogP contribution < -0.4 is 11.1 Å². The van der Waals surface area contributed by atoms with Gasteiger partial charge in [-0.1, -0.05) is 6.07 Å². The Labute approximate surface area is 106 Å². The molecule has 1 aromatic carbocycles. The molecule has 0 aliphatic rings. The monoisotopic (exact) mass is 254 g/mol. The maximum Gasteiger partial charge on any atom is 0.230 e. The minimum Gasteiger partial charge on any atom is -0.399 e. The van der Waals surface area contributed by atoms with Gasteiger partial charge in [0.25, 0.3) is 0 Å². The molecule has 0 spiro atoms. The molecule has 0 saturated heterocycles. The van der Waals surface area contributed by atoms with Gasteiger partial charge < -0.3 is 15.8 Å². The molecule has 3 N–H and O–H groups in total. The van der Waals surface area contributed by atoms with E-state index in [9.17, 15) is 4.79 Å². The first kappa shape index (κ1) is 13.9. The molecule has 1 aromatic rings. The molecule has 0 aliphatic heterocycles. The molecule has 0 saturated carbocycles. The first-order chi connectivity index (χ1) is 8.22. The van der Waals surface area contributed by atoms with Crippen LogP contribution in [0.4, 0.5) is 5.69 Å². The van der Waals surface area contributed by atoms with Crippen LogP contribution >= 0.6 is 11.8 Å². The standard InChI is InChI=1S/C12H18N2O2S/c1-16-7-3-6-14-12(15)9-17-11-5-2-4-10(13)8-11/h2,4-5,8H,3,6-7,9,13H2,1H3,(H,14,15). The Bertz CT molecular complexity index is 358. The summed E-state index contributed by atoms with van der Waals surface area (Å²) in [5.74, 6) is 0.449. The summed E-state index contributed by atoms with van der Waals surface area (Å²) < 4.78 is 4.90. The summed E-state index contributed by atoms with van der Waals surface area (Å²) in [6.45, 7) is 1.33. The Morgan fingerprint density at radius 3 is 3.06 bits per heavy atom. The van der Waals surface area contributed by atoms with Gasteiger partial charge in [-0.3, -0.25) is 4.79 Å².